The lowest BCUT2D eigenvalue weighted by molar-refractivity contribution is -0.137. The number of rotatable bonds is 13. The highest BCUT2D eigenvalue weighted by Crippen LogP contribution is 2.26. The maximum absolute atomic E-state index is 10.9. The fraction of sp³-hybridized carbons (Fsp3) is 0.333. The smallest absolute Gasteiger partial charge is 0.307 e. The van der Waals surface area contributed by atoms with E-state index < -0.39 is 11.9 Å². The minimum absolute atomic E-state index is 0.0375. The van der Waals surface area contributed by atoms with Crippen LogP contribution in [0.15, 0.2) is 72.8 Å². The van der Waals surface area contributed by atoms with Crippen LogP contribution in [0.4, 0.5) is 0 Å². The Morgan fingerprint density at radius 1 is 0.615 bits per heavy atom. The molecule has 0 spiro atoms. The van der Waals surface area contributed by atoms with Gasteiger partial charge in [-0.1, -0.05) is 81.6 Å². The Labute approximate surface area is 230 Å². The van der Waals surface area contributed by atoms with Crippen molar-refractivity contribution in [3.05, 3.63) is 83.9 Å². The van der Waals surface area contributed by atoms with Gasteiger partial charge < -0.3 is 19.7 Å². The zero-order chi connectivity index (χ0) is 28.0. The Balaban J connectivity index is 0.000000216. The van der Waals surface area contributed by atoms with Gasteiger partial charge in [-0.05, 0) is 69.8 Å². The average Bonchev–Trinajstić information content (AvgIpc) is 2.92. The van der Waals surface area contributed by atoms with Crippen LogP contribution < -0.4 is 9.47 Å². The van der Waals surface area contributed by atoms with Gasteiger partial charge in [-0.25, -0.2) is 0 Å². The molecule has 4 aromatic carbocycles. The maximum atomic E-state index is 10.9. The van der Waals surface area contributed by atoms with Crippen molar-refractivity contribution in [3.8, 4) is 11.5 Å². The Kier molecular flexibility index (Phi) is 11.6. The summed E-state index contributed by atoms with van der Waals surface area (Å²) in [6.45, 7) is 5.69. The summed E-state index contributed by atoms with van der Waals surface area (Å²) in [6, 6.07) is 23.2. The minimum Gasteiger partial charge on any atom is -0.494 e. The molecule has 2 N–H and O–H groups in total. The van der Waals surface area contributed by atoms with E-state index >= 15 is 0 Å². The van der Waals surface area contributed by atoms with Gasteiger partial charge >= 0.3 is 11.9 Å². The van der Waals surface area contributed by atoms with Crippen molar-refractivity contribution in [1.29, 1.82) is 0 Å². The third-order valence-electron chi connectivity index (χ3n) is 6.35. The number of benzene rings is 4. The first-order valence-corrected chi connectivity index (χ1v) is 13.6. The Morgan fingerprint density at radius 2 is 1.08 bits per heavy atom. The van der Waals surface area contributed by atoms with Crippen molar-refractivity contribution in [2.45, 2.75) is 58.8 Å². The summed E-state index contributed by atoms with van der Waals surface area (Å²) in [6.07, 6.45) is 5.58. The molecule has 0 fully saturated rings. The van der Waals surface area contributed by atoms with E-state index in [0.717, 1.165) is 69.9 Å². The van der Waals surface area contributed by atoms with E-state index in [1.807, 2.05) is 72.8 Å². The van der Waals surface area contributed by atoms with Crippen LogP contribution in [0.1, 0.15) is 57.1 Å². The van der Waals surface area contributed by atoms with Crippen LogP contribution in [-0.4, -0.2) is 35.4 Å². The van der Waals surface area contributed by atoms with Gasteiger partial charge in [0.15, 0.2) is 0 Å². The van der Waals surface area contributed by atoms with E-state index in [1.165, 1.54) is 6.42 Å². The molecule has 0 aliphatic rings. The standard InChI is InChI=1S/C17H20O3.C16H18O3/c1-2-3-4-10-20-15-9-8-13-6-5-7-14(11-17(18)19)16(13)12-15;1-2-3-9-19-14-8-7-12-5-4-6-13(10-16(17)18)15(12)11-14/h5-9,12H,2-4,10-11H2,1H3,(H,18,19);4-8,11H,2-3,9-10H2,1H3,(H,17,18). The van der Waals surface area contributed by atoms with Gasteiger partial charge in [-0.3, -0.25) is 9.59 Å². The Morgan fingerprint density at radius 3 is 1.51 bits per heavy atom. The second kappa shape index (κ2) is 15.4. The first kappa shape index (κ1) is 29.5. The zero-order valence-corrected chi connectivity index (χ0v) is 22.8. The lowest BCUT2D eigenvalue weighted by Gasteiger charge is -2.09. The van der Waals surface area contributed by atoms with Gasteiger partial charge in [0.25, 0.3) is 0 Å². The second-order valence-corrected chi connectivity index (χ2v) is 9.50. The predicted molar refractivity (Wildman–Crippen MR) is 156 cm³/mol. The molecule has 4 aromatic rings. The predicted octanol–water partition coefficient (Wildman–Crippen LogP) is 7.68. The summed E-state index contributed by atoms with van der Waals surface area (Å²) < 4.78 is 11.4. The Hall–Kier alpha value is -4.06. The quantitative estimate of drug-likeness (QED) is 0.172. The number of unbranched alkanes of at least 4 members (excludes halogenated alkanes) is 3. The molecular formula is C33H38O6. The third-order valence-corrected chi connectivity index (χ3v) is 6.35. The lowest BCUT2D eigenvalue weighted by atomic mass is 10.0. The van der Waals surface area contributed by atoms with Crippen molar-refractivity contribution in [2.24, 2.45) is 0 Å². The molecule has 0 aliphatic heterocycles. The van der Waals surface area contributed by atoms with E-state index in [9.17, 15) is 9.59 Å². The van der Waals surface area contributed by atoms with E-state index in [1.54, 1.807) is 0 Å². The molecule has 39 heavy (non-hydrogen) atoms. The molecule has 0 atom stereocenters. The molecule has 0 unspecified atom stereocenters. The minimum atomic E-state index is -0.815. The van der Waals surface area contributed by atoms with Crippen LogP contribution >= 0.6 is 0 Å². The first-order valence-electron chi connectivity index (χ1n) is 13.6. The molecule has 0 saturated heterocycles. The van der Waals surface area contributed by atoms with Gasteiger partial charge in [0.2, 0.25) is 0 Å². The van der Waals surface area contributed by atoms with Gasteiger partial charge in [-0.2, -0.15) is 0 Å². The lowest BCUT2D eigenvalue weighted by Crippen LogP contribution is -2.01. The molecule has 0 heterocycles. The fourth-order valence-corrected chi connectivity index (χ4v) is 4.32. The van der Waals surface area contributed by atoms with E-state index in [-0.39, 0.29) is 12.8 Å². The molecule has 0 aromatic heterocycles. The highest BCUT2D eigenvalue weighted by Gasteiger charge is 2.08. The summed E-state index contributed by atoms with van der Waals surface area (Å²) in [7, 11) is 0. The molecule has 6 heteroatoms. The molecule has 0 radical (unpaired) electrons. The summed E-state index contributed by atoms with van der Waals surface area (Å²) in [5, 5.41) is 21.9. The summed E-state index contributed by atoms with van der Waals surface area (Å²) >= 11 is 0. The largest absolute Gasteiger partial charge is 0.494 e. The second-order valence-electron chi connectivity index (χ2n) is 9.50. The number of fused-ring (bicyclic) bond motifs is 2. The van der Waals surface area contributed by atoms with Gasteiger partial charge in [0.1, 0.15) is 11.5 Å². The maximum Gasteiger partial charge on any atom is 0.307 e. The number of carboxylic acids is 2. The first-order chi connectivity index (χ1) is 18.9. The molecule has 0 saturated carbocycles. The summed E-state index contributed by atoms with van der Waals surface area (Å²) in [4.78, 5) is 21.8. The van der Waals surface area contributed by atoms with E-state index in [0.29, 0.717) is 13.2 Å². The normalized spacial score (nSPS) is 10.6. The summed E-state index contributed by atoms with van der Waals surface area (Å²) in [5.74, 6) is -0.0122. The third kappa shape index (κ3) is 9.32. The van der Waals surface area contributed by atoms with Crippen LogP contribution in [-0.2, 0) is 22.4 Å². The molecule has 0 amide bonds. The SMILES string of the molecule is CCCCCOc1ccc2cccc(CC(=O)O)c2c1.CCCCOc1ccc2cccc(CC(=O)O)c2c1. The number of hydrogen-bond acceptors (Lipinski definition) is 4. The molecule has 6 nitrogen and oxygen atoms in total. The zero-order valence-electron chi connectivity index (χ0n) is 22.8. The average molecular weight is 531 g/mol. The number of ether oxygens (including phenoxy) is 2. The Bertz CT molecular complexity index is 1380. The monoisotopic (exact) mass is 530 g/mol. The molecule has 0 bridgehead atoms. The van der Waals surface area contributed by atoms with Crippen molar-refractivity contribution in [1.82, 2.24) is 0 Å². The van der Waals surface area contributed by atoms with Crippen LogP contribution in [0.2, 0.25) is 0 Å². The van der Waals surface area contributed by atoms with E-state index in [4.69, 9.17) is 19.7 Å². The van der Waals surface area contributed by atoms with Crippen molar-refractivity contribution < 1.29 is 29.3 Å². The van der Waals surface area contributed by atoms with Crippen molar-refractivity contribution in [3.63, 3.8) is 0 Å². The number of hydrogen-bond donors (Lipinski definition) is 2. The molecule has 206 valence electrons. The van der Waals surface area contributed by atoms with Gasteiger partial charge in [-0.15, -0.1) is 0 Å². The topological polar surface area (TPSA) is 93.1 Å². The van der Waals surface area contributed by atoms with Crippen LogP contribution in [0, 0.1) is 0 Å². The number of aliphatic carboxylic acids is 2. The van der Waals surface area contributed by atoms with Gasteiger partial charge in [0.05, 0.1) is 26.1 Å². The van der Waals surface area contributed by atoms with Crippen molar-refractivity contribution in [2.75, 3.05) is 13.2 Å². The molecular weight excluding hydrogens is 492 g/mol. The summed E-state index contributed by atoms with van der Waals surface area (Å²) in [5.41, 5.74) is 1.65. The van der Waals surface area contributed by atoms with Gasteiger partial charge in [0, 0.05) is 0 Å². The number of carboxylic acid groups (broad SMARTS) is 2. The van der Waals surface area contributed by atoms with Crippen LogP contribution in [0.25, 0.3) is 21.5 Å². The molecule has 0 aliphatic carbocycles. The van der Waals surface area contributed by atoms with Crippen molar-refractivity contribution >= 4 is 33.5 Å². The molecule has 4 rings (SSSR count). The van der Waals surface area contributed by atoms with E-state index in [2.05, 4.69) is 13.8 Å². The highest BCUT2D eigenvalue weighted by molar-refractivity contribution is 5.90. The van der Waals surface area contributed by atoms with Crippen LogP contribution in [0.5, 0.6) is 11.5 Å². The highest BCUT2D eigenvalue weighted by atomic mass is 16.5. The van der Waals surface area contributed by atoms with Crippen LogP contribution in [0.3, 0.4) is 0 Å². The number of carbonyl (C=O) groups is 2. The fourth-order valence-electron chi connectivity index (χ4n) is 4.32.